The maximum atomic E-state index is 9.22. The minimum atomic E-state index is 0.0807. The molecule has 0 fully saturated rings. The molecule has 2 aromatic carbocycles. The van der Waals surface area contributed by atoms with Crippen molar-refractivity contribution in [1.29, 1.82) is 0 Å². The number of hydrogen-bond acceptors (Lipinski definition) is 1. The Balaban J connectivity index is 2.02. The van der Waals surface area contributed by atoms with Crippen molar-refractivity contribution in [2.24, 2.45) is 0 Å². The molecular weight excluding hydrogens is 270 g/mol. The fourth-order valence-electron chi connectivity index (χ4n) is 2.54. The van der Waals surface area contributed by atoms with E-state index in [1.54, 1.807) is 0 Å². The van der Waals surface area contributed by atoms with Gasteiger partial charge in [0.15, 0.2) is 0 Å². The Bertz CT molecular complexity index is 744. The van der Waals surface area contributed by atoms with Gasteiger partial charge in [-0.3, -0.25) is 0 Å². The van der Waals surface area contributed by atoms with Gasteiger partial charge in [0.05, 0.1) is 6.61 Å². The molecule has 3 aromatic rings. The van der Waals surface area contributed by atoms with Crippen LogP contribution in [-0.4, -0.2) is 9.67 Å². The van der Waals surface area contributed by atoms with Crippen LogP contribution in [0.25, 0.3) is 10.9 Å². The summed E-state index contributed by atoms with van der Waals surface area (Å²) in [6.45, 7) is 3.01. The number of aliphatic hydroxyl groups is 1. The highest BCUT2D eigenvalue weighted by molar-refractivity contribution is 6.30. The SMILES string of the molecule is Cc1cc2cc(CO)ccc2n1Cc1ccc(Cl)cc1. The molecule has 3 heteroatoms. The molecule has 0 aliphatic carbocycles. The molecule has 0 unspecified atom stereocenters. The van der Waals surface area contributed by atoms with Crippen LogP contribution < -0.4 is 0 Å². The number of benzene rings is 2. The second-order valence-corrected chi connectivity index (χ2v) is 5.49. The van der Waals surface area contributed by atoms with Crippen LogP contribution in [-0.2, 0) is 13.2 Å². The molecule has 0 aliphatic heterocycles. The second-order valence-electron chi connectivity index (χ2n) is 5.05. The van der Waals surface area contributed by atoms with Crippen LogP contribution in [0.5, 0.6) is 0 Å². The number of fused-ring (bicyclic) bond motifs is 1. The molecule has 0 spiro atoms. The van der Waals surface area contributed by atoms with E-state index in [1.807, 2.05) is 24.3 Å². The topological polar surface area (TPSA) is 25.2 Å². The van der Waals surface area contributed by atoms with E-state index in [2.05, 4.69) is 35.8 Å². The Morgan fingerprint density at radius 2 is 1.70 bits per heavy atom. The molecule has 0 saturated heterocycles. The lowest BCUT2D eigenvalue weighted by molar-refractivity contribution is 0.282. The van der Waals surface area contributed by atoms with Gasteiger partial charge < -0.3 is 9.67 Å². The van der Waals surface area contributed by atoms with Gasteiger partial charge in [-0.15, -0.1) is 0 Å². The van der Waals surface area contributed by atoms with Crippen LogP contribution in [0.1, 0.15) is 16.8 Å². The molecule has 1 N–H and O–H groups in total. The zero-order valence-electron chi connectivity index (χ0n) is 11.3. The van der Waals surface area contributed by atoms with Crippen molar-refractivity contribution in [3.8, 4) is 0 Å². The van der Waals surface area contributed by atoms with Crippen molar-refractivity contribution in [1.82, 2.24) is 4.57 Å². The van der Waals surface area contributed by atoms with Gasteiger partial charge in [-0.25, -0.2) is 0 Å². The molecule has 0 aliphatic rings. The van der Waals surface area contributed by atoms with E-state index in [1.165, 1.54) is 22.2 Å². The van der Waals surface area contributed by atoms with Gasteiger partial charge >= 0.3 is 0 Å². The van der Waals surface area contributed by atoms with Crippen LogP contribution in [0.2, 0.25) is 5.02 Å². The average Bonchev–Trinajstić information content (AvgIpc) is 2.76. The largest absolute Gasteiger partial charge is 0.392 e. The van der Waals surface area contributed by atoms with E-state index < -0.39 is 0 Å². The summed E-state index contributed by atoms with van der Waals surface area (Å²) >= 11 is 5.92. The maximum Gasteiger partial charge on any atom is 0.0682 e. The molecule has 20 heavy (non-hydrogen) atoms. The molecule has 1 aromatic heterocycles. The lowest BCUT2D eigenvalue weighted by Crippen LogP contribution is -2.01. The molecule has 0 radical (unpaired) electrons. The first kappa shape index (κ1) is 13.2. The Hall–Kier alpha value is -1.77. The summed E-state index contributed by atoms with van der Waals surface area (Å²) in [6, 6.07) is 16.2. The van der Waals surface area contributed by atoms with Crippen molar-refractivity contribution in [3.05, 3.63) is 70.4 Å². The van der Waals surface area contributed by atoms with Crippen molar-refractivity contribution in [2.45, 2.75) is 20.1 Å². The van der Waals surface area contributed by atoms with Crippen LogP contribution in [0, 0.1) is 6.92 Å². The molecule has 1 heterocycles. The molecule has 2 nitrogen and oxygen atoms in total. The summed E-state index contributed by atoms with van der Waals surface area (Å²) in [5, 5.41) is 11.1. The fraction of sp³-hybridized carbons (Fsp3) is 0.176. The zero-order valence-corrected chi connectivity index (χ0v) is 12.1. The predicted octanol–water partition coefficient (Wildman–Crippen LogP) is 4.14. The highest BCUT2D eigenvalue weighted by atomic mass is 35.5. The third-order valence-corrected chi connectivity index (χ3v) is 3.86. The number of aromatic nitrogens is 1. The summed E-state index contributed by atoms with van der Waals surface area (Å²) in [5.74, 6) is 0. The second kappa shape index (κ2) is 5.31. The number of hydrogen-bond donors (Lipinski definition) is 1. The first-order valence-corrected chi connectivity index (χ1v) is 6.99. The Morgan fingerprint density at radius 1 is 1.00 bits per heavy atom. The highest BCUT2D eigenvalue weighted by Gasteiger charge is 2.07. The summed E-state index contributed by atoms with van der Waals surface area (Å²) in [5.41, 5.74) is 4.57. The van der Waals surface area contributed by atoms with Crippen LogP contribution in [0.3, 0.4) is 0 Å². The third-order valence-electron chi connectivity index (χ3n) is 3.61. The molecule has 0 atom stereocenters. The molecule has 0 saturated carbocycles. The summed E-state index contributed by atoms with van der Waals surface area (Å²) < 4.78 is 2.28. The number of halogens is 1. The molecular formula is C17H16ClNO. The highest BCUT2D eigenvalue weighted by Crippen LogP contribution is 2.23. The van der Waals surface area contributed by atoms with Crippen LogP contribution >= 0.6 is 11.6 Å². The predicted molar refractivity (Wildman–Crippen MR) is 83.2 cm³/mol. The average molecular weight is 286 g/mol. The molecule has 3 rings (SSSR count). The van der Waals surface area contributed by atoms with Crippen LogP contribution in [0.4, 0.5) is 0 Å². The van der Waals surface area contributed by atoms with E-state index in [9.17, 15) is 5.11 Å². The number of nitrogens with zero attached hydrogens (tertiary/aromatic N) is 1. The van der Waals surface area contributed by atoms with Crippen molar-refractivity contribution < 1.29 is 5.11 Å². The minimum Gasteiger partial charge on any atom is -0.392 e. The molecule has 0 amide bonds. The first-order valence-electron chi connectivity index (χ1n) is 6.61. The Kier molecular flexibility index (Phi) is 3.51. The number of aryl methyl sites for hydroxylation is 1. The number of aliphatic hydroxyl groups excluding tert-OH is 1. The quantitative estimate of drug-likeness (QED) is 0.768. The summed E-state index contributed by atoms with van der Waals surface area (Å²) in [7, 11) is 0. The first-order chi connectivity index (χ1) is 9.67. The van der Waals surface area contributed by atoms with E-state index in [4.69, 9.17) is 11.6 Å². The Labute approximate surface area is 123 Å². The standard InChI is InChI=1S/C17H16ClNO/c1-12-8-15-9-14(11-20)4-7-17(15)19(12)10-13-2-5-16(18)6-3-13/h2-9,20H,10-11H2,1H3. The van der Waals surface area contributed by atoms with E-state index in [0.717, 1.165) is 17.1 Å². The van der Waals surface area contributed by atoms with Crippen molar-refractivity contribution >= 4 is 22.5 Å². The van der Waals surface area contributed by atoms with Gasteiger partial charge in [-0.1, -0.05) is 29.8 Å². The van der Waals surface area contributed by atoms with E-state index in [-0.39, 0.29) is 6.61 Å². The monoisotopic (exact) mass is 285 g/mol. The maximum absolute atomic E-state index is 9.22. The van der Waals surface area contributed by atoms with Gasteiger partial charge in [0.1, 0.15) is 0 Å². The van der Waals surface area contributed by atoms with Gasteiger partial charge in [-0.05, 0) is 48.4 Å². The Morgan fingerprint density at radius 3 is 2.40 bits per heavy atom. The third kappa shape index (κ3) is 2.45. The lowest BCUT2D eigenvalue weighted by Gasteiger charge is -2.09. The van der Waals surface area contributed by atoms with Crippen molar-refractivity contribution in [2.75, 3.05) is 0 Å². The van der Waals surface area contributed by atoms with Crippen molar-refractivity contribution in [3.63, 3.8) is 0 Å². The van der Waals surface area contributed by atoms with Gasteiger partial charge in [-0.2, -0.15) is 0 Å². The molecule has 0 bridgehead atoms. The molecule has 102 valence electrons. The minimum absolute atomic E-state index is 0.0807. The summed E-state index contributed by atoms with van der Waals surface area (Å²) in [6.07, 6.45) is 0. The van der Waals surface area contributed by atoms with Crippen LogP contribution in [0.15, 0.2) is 48.5 Å². The smallest absolute Gasteiger partial charge is 0.0682 e. The summed E-state index contributed by atoms with van der Waals surface area (Å²) in [4.78, 5) is 0. The van der Waals surface area contributed by atoms with Gasteiger partial charge in [0.2, 0.25) is 0 Å². The van der Waals surface area contributed by atoms with Gasteiger partial charge in [0, 0.05) is 28.2 Å². The fourth-order valence-corrected chi connectivity index (χ4v) is 2.66. The normalized spacial score (nSPS) is 11.2. The zero-order chi connectivity index (χ0) is 14.1. The van der Waals surface area contributed by atoms with Gasteiger partial charge in [0.25, 0.3) is 0 Å². The van der Waals surface area contributed by atoms with E-state index >= 15 is 0 Å². The lowest BCUT2D eigenvalue weighted by atomic mass is 10.1. The number of rotatable bonds is 3. The van der Waals surface area contributed by atoms with E-state index in [0.29, 0.717) is 0 Å².